The number of anilines is 3. The quantitative estimate of drug-likeness (QED) is 0.181. The second-order valence-corrected chi connectivity index (χ2v) is 17.3. The fraction of sp³-hybridized carbons (Fsp3) is 0.0417. The van der Waals surface area contributed by atoms with E-state index in [1.165, 1.54) is 64.7 Å². The van der Waals surface area contributed by atoms with Crippen LogP contribution >= 0.6 is 10.0 Å². The molecule has 10 rings (SSSR count). The van der Waals surface area contributed by atoms with Crippen LogP contribution in [0.15, 0.2) is 190 Å². The van der Waals surface area contributed by atoms with Crippen molar-refractivity contribution in [3.8, 4) is 33.4 Å². The Labute approximate surface area is 299 Å². The maximum atomic E-state index is 6.62. The number of hydrogen-bond donors (Lipinski definition) is 0. The number of furan rings is 1. The van der Waals surface area contributed by atoms with Gasteiger partial charge < -0.3 is 9.32 Å². The van der Waals surface area contributed by atoms with E-state index in [9.17, 15) is 0 Å². The van der Waals surface area contributed by atoms with Gasteiger partial charge in [-0.3, -0.25) is 0 Å². The molecule has 9 aromatic rings. The highest BCUT2D eigenvalue weighted by Crippen LogP contribution is 2.69. The molecule has 0 radical (unpaired) electrons. The number of hydrogen-bond acceptors (Lipinski definition) is 2. The van der Waals surface area contributed by atoms with Crippen LogP contribution in [0.1, 0.15) is 0 Å². The first kappa shape index (κ1) is 29.8. The summed E-state index contributed by atoms with van der Waals surface area (Å²) in [6, 6.07) is 63.9. The van der Waals surface area contributed by atoms with E-state index in [-0.39, 0.29) is 0 Å². The Morgan fingerprint density at radius 3 is 2.10 bits per heavy atom. The first-order chi connectivity index (χ1) is 25.0. The Morgan fingerprint density at radius 1 is 0.451 bits per heavy atom. The lowest BCUT2D eigenvalue weighted by Crippen LogP contribution is -2.12. The normalized spacial score (nSPS) is 13.7. The summed E-state index contributed by atoms with van der Waals surface area (Å²) >= 11 is 0. The van der Waals surface area contributed by atoms with Gasteiger partial charge in [0.2, 0.25) is 0 Å². The molecule has 1 aliphatic heterocycles. The zero-order chi connectivity index (χ0) is 34.1. The van der Waals surface area contributed by atoms with Crippen molar-refractivity contribution < 1.29 is 4.42 Å². The van der Waals surface area contributed by atoms with E-state index in [4.69, 9.17) is 4.42 Å². The van der Waals surface area contributed by atoms with Crippen LogP contribution < -0.4 is 4.90 Å². The first-order valence-electron chi connectivity index (χ1n) is 17.4. The number of rotatable bonds is 5. The van der Waals surface area contributed by atoms with Gasteiger partial charge in [-0.1, -0.05) is 121 Å². The maximum absolute atomic E-state index is 6.62. The number of nitrogens with zero attached hydrogens (tertiary/aromatic N) is 1. The Balaban J connectivity index is 1.19. The van der Waals surface area contributed by atoms with Crippen LogP contribution in [0.4, 0.5) is 17.1 Å². The molecule has 0 saturated heterocycles. The minimum Gasteiger partial charge on any atom is -0.455 e. The monoisotopic (exact) mass is 673 g/mol. The summed E-state index contributed by atoms with van der Waals surface area (Å²) in [7, 11) is -1.34. The van der Waals surface area contributed by atoms with Gasteiger partial charge >= 0.3 is 0 Å². The molecule has 1 aromatic heterocycles. The average Bonchev–Trinajstić information content (AvgIpc) is 3.67. The third kappa shape index (κ3) is 4.73. The highest BCUT2D eigenvalue weighted by atomic mass is 32.3. The zero-order valence-electron chi connectivity index (χ0n) is 28.5. The molecule has 244 valence electrons. The molecule has 0 bridgehead atoms. The van der Waals surface area contributed by atoms with E-state index >= 15 is 0 Å². The Bertz CT molecular complexity index is 2790. The summed E-state index contributed by atoms with van der Waals surface area (Å²) in [6.45, 7) is 0. The number of para-hydroxylation sites is 2. The fourth-order valence-electron chi connectivity index (χ4n) is 8.00. The Hall–Kier alpha value is -6.03. The second kappa shape index (κ2) is 11.5. The summed E-state index contributed by atoms with van der Waals surface area (Å²) in [5.41, 5.74) is 12.6. The van der Waals surface area contributed by atoms with Crippen LogP contribution in [-0.4, -0.2) is 12.5 Å². The lowest BCUT2D eigenvalue weighted by molar-refractivity contribution is 0.669. The second-order valence-electron chi connectivity index (χ2n) is 13.8. The maximum Gasteiger partial charge on any atom is 0.144 e. The van der Waals surface area contributed by atoms with Crippen molar-refractivity contribution in [3.05, 3.63) is 176 Å². The van der Waals surface area contributed by atoms with Crippen molar-refractivity contribution in [2.75, 3.05) is 17.4 Å². The molecule has 0 N–H and O–H groups in total. The van der Waals surface area contributed by atoms with Gasteiger partial charge in [0.1, 0.15) is 11.2 Å². The molecule has 3 heteroatoms. The largest absolute Gasteiger partial charge is 0.455 e. The van der Waals surface area contributed by atoms with Crippen LogP contribution in [-0.2, 0) is 0 Å². The van der Waals surface area contributed by atoms with Gasteiger partial charge in [0.05, 0.1) is 5.69 Å². The standard InChI is InChI=1S/C48H35NOS/c1-51(2)45-28-27-41-40-20-9-11-22-44(40)50-48(41)47(45)42-26-25-38(31-46(42)51)49(37-18-12-17-35(30-37)32-13-4-3-5-14-32)43-21-10-8-19-39(43)36-24-23-33-15-6-7-16-34(33)29-36/h3-31H,1-2H3. The van der Waals surface area contributed by atoms with E-state index in [1.807, 2.05) is 0 Å². The van der Waals surface area contributed by atoms with Crippen molar-refractivity contribution in [1.82, 2.24) is 0 Å². The molecule has 0 amide bonds. The van der Waals surface area contributed by atoms with Gasteiger partial charge in [-0.25, -0.2) is 0 Å². The summed E-state index contributed by atoms with van der Waals surface area (Å²) in [5, 5.41) is 4.83. The minimum absolute atomic E-state index is 0.938. The smallest absolute Gasteiger partial charge is 0.144 e. The number of fused-ring (bicyclic) bond motifs is 8. The van der Waals surface area contributed by atoms with E-state index in [2.05, 4.69) is 193 Å². The highest BCUT2D eigenvalue weighted by molar-refractivity contribution is 8.33. The summed E-state index contributed by atoms with van der Waals surface area (Å²) < 4.78 is 6.62. The first-order valence-corrected chi connectivity index (χ1v) is 19.9. The summed E-state index contributed by atoms with van der Waals surface area (Å²) in [6.07, 6.45) is 4.86. The van der Waals surface area contributed by atoms with Crippen molar-refractivity contribution in [3.63, 3.8) is 0 Å². The van der Waals surface area contributed by atoms with Crippen LogP contribution in [0.2, 0.25) is 0 Å². The Morgan fingerprint density at radius 2 is 1.20 bits per heavy atom. The van der Waals surface area contributed by atoms with Gasteiger partial charge in [-0.2, -0.15) is 10.0 Å². The van der Waals surface area contributed by atoms with E-state index in [1.54, 1.807) is 0 Å². The van der Waals surface area contributed by atoms with Crippen LogP contribution in [0.25, 0.3) is 66.1 Å². The fourth-order valence-corrected chi connectivity index (χ4v) is 10.5. The molecule has 51 heavy (non-hydrogen) atoms. The molecular formula is C48H35NOS. The minimum atomic E-state index is -1.34. The summed E-state index contributed by atoms with van der Waals surface area (Å²) in [5.74, 6) is 0. The van der Waals surface area contributed by atoms with Crippen molar-refractivity contribution in [2.24, 2.45) is 0 Å². The predicted octanol–water partition coefficient (Wildman–Crippen LogP) is 14.0. The number of benzene rings is 8. The molecule has 0 unspecified atom stereocenters. The highest BCUT2D eigenvalue weighted by Gasteiger charge is 2.35. The molecule has 8 aromatic carbocycles. The van der Waals surface area contributed by atoms with Gasteiger partial charge in [0.25, 0.3) is 0 Å². The van der Waals surface area contributed by atoms with Crippen molar-refractivity contribution >= 4 is 59.8 Å². The third-order valence-electron chi connectivity index (χ3n) is 10.5. The Kier molecular flexibility index (Phi) is 6.74. The van der Waals surface area contributed by atoms with Gasteiger partial charge in [-0.15, -0.1) is 0 Å². The van der Waals surface area contributed by atoms with E-state index < -0.39 is 10.0 Å². The zero-order valence-corrected chi connectivity index (χ0v) is 29.3. The molecule has 2 heterocycles. The molecule has 0 saturated carbocycles. The molecule has 0 spiro atoms. The van der Waals surface area contributed by atoms with Crippen LogP contribution in [0.3, 0.4) is 0 Å². The van der Waals surface area contributed by atoms with Crippen molar-refractivity contribution in [2.45, 2.75) is 9.79 Å². The average molecular weight is 674 g/mol. The van der Waals surface area contributed by atoms with E-state index in [0.717, 1.165) is 28.2 Å². The SMILES string of the molecule is CS1(C)c2cc(N(c3cccc(-c4ccccc4)c3)c3ccccc3-c3ccc4ccccc4c3)ccc2-c2c1ccc1c2oc2ccccc21. The van der Waals surface area contributed by atoms with Crippen molar-refractivity contribution in [1.29, 1.82) is 0 Å². The van der Waals surface area contributed by atoms with Gasteiger partial charge in [0.15, 0.2) is 0 Å². The van der Waals surface area contributed by atoms with Gasteiger partial charge in [0, 0.05) is 43.1 Å². The van der Waals surface area contributed by atoms with Gasteiger partial charge in [-0.05, 0) is 100 Å². The van der Waals surface area contributed by atoms with E-state index in [0.29, 0.717) is 0 Å². The van der Waals surface area contributed by atoms with Crippen LogP contribution in [0.5, 0.6) is 0 Å². The molecular weight excluding hydrogens is 639 g/mol. The third-order valence-corrected chi connectivity index (χ3v) is 13.4. The molecule has 1 aliphatic rings. The lowest BCUT2D eigenvalue weighted by atomic mass is 9.98. The molecule has 2 nitrogen and oxygen atoms in total. The predicted molar refractivity (Wildman–Crippen MR) is 218 cm³/mol. The molecule has 0 atom stereocenters. The topological polar surface area (TPSA) is 16.4 Å². The summed E-state index contributed by atoms with van der Waals surface area (Å²) in [4.78, 5) is 5.22. The molecule has 0 fully saturated rings. The molecule has 0 aliphatic carbocycles. The lowest BCUT2D eigenvalue weighted by Gasteiger charge is -2.32. The van der Waals surface area contributed by atoms with Crippen LogP contribution in [0, 0.1) is 0 Å².